The molecule has 0 unspecified atom stereocenters. The summed E-state index contributed by atoms with van der Waals surface area (Å²) in [5, 5.41) is 0. The molecule has 0 fully saturated rings. The first-order valence-corrected chi connectivity index (χ1v) is 24.6. The zero-order valence-corrected chi connectivity index (χ0v) is 21.7. The SMILES string of the molecule is C[Si](C[Si](C)(C)C)C([Si](C)(C)C)([Si](C)(C)C)[Si](C)(C)C. The molecule has 1 radical (unpaired) electrons. The van der Waals surface area contributed by atoms with Gasteiger partial charge in [-0.1, -0.05) is 90.8 Å². The van der Waals surface area contributed by atoms with Crippen LogP contribution in [0.1, 0.15) is 0 Å². The zero-order valence-electron chi connectivity index (χ0n) is 16.7. The summed E-state index contributed by atoms with van der Waals surface area (Å²) in [4.78, 5) is 0. The van der Waals surface area contributed by atoms with Gasteiger partial charge in [-0.05, 0) is 3.91 Å². The third kappa shape index (κ3) is 4.09. The van der Waals surface area contributed by atoms with Crippen molar-refractivity contribution in [3.63, 3.8) is 0 Å². The molecule has 0 aliphatic carbocycles. The molecule has 0 aromatic carbocycles. The monoisotopic (exact) mass is 361 g/mol. The Kier molecular flexibility index (Phi) is 6.26. The Balaban J connectivity index is 6.19. The molecule has 0 amide bonds. The first kappa shape index (κ1) is 21.1. The Hall–Kier alpha value is 1.08. The average molecular weight is 362 g/mol. The minimum Gasteiger partial charge on any atom is -0.0715 e. The third-order valence-electron chi connectivity index (χ3n) is 4.81. The maximum absolute atomic E-state index is 2.73. The highest BCUT2D eigenvalue weighted by Crippen LogP contribution is 2.56. The highest BCUT2D eigenvalue weighted by atomic mass is 28.5. The van der Waals surface area contributed by atoms with Gasteiger partial charge in [-0.3, -0.25) is 0 Å². The second-order valence-corrected chi connectivity index (χ2v) is 38.6. The first-order chi connectivity index (χ1) is 8.38. The van der Waals surface area contributed by atoms with E-state index in [2.05, 4.69) is 85.1 Å². The highest BCUT2D eigenvalue weighted by molar-refractivity contribution is 7.26. The van der Waals surface area contributed by atoms with Gasteiger partial charge in [0.1, 0.15) is 0 Å². The van der Waals surface area contributed by atoms with Crippen LogP contribution in [0.25, 0.3) is 0 Å². The van der Waals surface area contributed by atoms with Crippen LogP contribution in [0, 0.1) is 0 Å². The number of hydrogen-bond donors (Lipinski definition) is 0. The second-order valence-electron chi connectivity index (χ2n) is 11.0. The largest absolute Gasteiger partial charge is 0.0715 e. The topological polar surface area (TPSA) is 0 Å². The van der Waals surface area contributed by atoms with Crippen molar-refractivity contribution < 1.29 is 0 Å². The second kappa shape index (κ2) is 5.94. The highest BCUT2D eigenvalue weighted by Gasteiger charge is 2.62. The van der Waals surface area contributed by atoms with Crippen LogP contribution in [-0.4, -0.2) is 41.1 Å². The van der Waals surface area contributed by atoms with Gasteiger partial charge in [0.25, 0.3) is 0 Å². The molecule has 0 spiro atoms. The van der Waals surface area contributed by atoms with Gasteiger partial charge in [0.15, 0.2) is 0 Å². The molecule has 0 saturated heterocycles. The molecule has 0 aliphatic rings. The van der Waals surface area contributed by atoms with Crippen molar-refractivity contribution >= 4 is 41.1 Å². The van der Waals surface area contributed by atoms with Crippen LogP contribution in [-0.2, 0) is 0 Å². The van der Waals surface area contributed by atoms with Crippen LogP contribution in [0.5, 0.6) is 0 Å². The Morgan fingerprint density at radius 2 is 0.850 bits per heavy atom. The summed E-state index contributed by atoms with van der Waals surface area (Å²) in [5.74, 6) is 0. The summed E-state index contributed by atoms with van der Waals surface area (Å²) in [7, 11) is -4.76. The molecular weight excluding hydrogens is 321 g/mol. The lowest BCUT2D eigenvalue weighted by Gasteiger charge is -2.62. The van der Waals surface area contributed by atoms with Crippen LogP contribution >= 0.6 is 0 Å². The van der Waals surface area contributed by atoms with Crippen LogP contribution in [0.4, 0.5) is 0 Å². The molecule has 0 bridgehead atoms. The van der Waals surface area contributed by atoms with Crippen LogP contribution in [0.3, 0.4) is 0 Å². The lowest BCUT2D eigenvalue weighted by atomic mass is 11.6. The zero-order chi connectivity index (χ0) is 16.8. The Labute approximate surface area is 135 Å². The molecule has 0 saturated carbocycles. The van der Waals surface area contributed by atoms with Crippen molar-refractivity contribution in [2.24, 2.45) is 0 Å². The van der Waals surface area contributed by atoms with Crippen LogP contribution in [0.2, 0.25) is 94.7 Å². The lowest BCUT2D eigenvalue weighted by molar-refractivity contribution is 1.19. The maximum Gasteiger partial charge on any atom is 0.0423 e. The molecule has 0 aliphatic heterocycles. The van der Waals surface area contributed by atoms with E-state index in [1.54, 1.807) is 5.67 Å². The van der Waals surface area contributed by atoms with E-state index in [1.807, 2.05) is 0 Å². The minimum atomic E-state index is -1.18. The molecule has 0 rings (SSSR count). The van der Waals surface area contributed by atoms with Crippen LogP contribution in [0.15, 0.2) is 0 Å². The molecule has 5 heteroatoms. The Bertz CT molecular complexity index is 286. The molecule has 0 nitrogen and oxygen atoms in total. The van der Waals surface area contributed by atoms with E-state index in [0.717, 1.165) is 3.91 Å². The van der Waals surface area contributed by atoms with Crippen molar-refractivity contribution in [3.8, 4) is 0 Å². The van der Waals surface area contributed by atoms with E-state index >= 15 is 0 Å². The van der Waals surface area contributed by atoms with E-state index in [-0.39, 0.29) is 8.80 Å². The molecule has 0 aromatic heterocycles. The fourth-order valence-corrected chi connectivity index (χ4v) is 58.4. The number of hydrogen-bond acceptors (Lipinski definition) is 0. The van der Waals surface area contributed by atoms with E-state index in [4.69, 9.17) is 0 Å². The molecular formula is C15H41Si5. The lowest BCUT2D eigenvalue weighted by Crippen LogP contribution is -2.72. The Morgan fingerprint density at radius 1 is 0.600 bits per heavy atom. The molecule has 0 atom stereocenters. The molecule has 121 valence electrons. The summed E-state index contributed by atoms with van der Waals surface area (Å²) in [6.45, 7) is 34.8. The van der Waals surface area contributed by atoms with Gasteiger partial charge < -0.3 is 0 Å². The van der Waals surface area contributed by atoms with Crippen LogP contribution < -0.4 is 0 Å². The molecule has 0 heterocycles. The van der Waals surface area contributed by atoms with Crippen molar-refractivity contribution in [2.75, 3.05) is 0 Å². The quantitative estimate of drug-likeness (QED) is 0.483. The van der Waals surface area contributed by atoms with Gasteiger partial charge in [-0.2, -0.15) is 0 Å². The van der Waals surface area contributed by atoms with Crippen molar-refractivity contribution in [1.29, 1.82) is 0 Å². The average Bonchev–Trinajstić information content (AvgIpc) is 1.88. The van der Waals surface area contributed by atoms with E-state index in [0.29, 0.717) is 0 Å². The smallest absolute Gasteiger partial charge is 0.0423 e. The fourth-order valence-electron chi connectivity index (χ4n) is 6.22. The Morgan fingerprint density at radius 3 is 1.00 bits per heavy atom. The molecule has 20 heavy (non-hydrogen) atoms. The summed E-state index contributed by atoms with van der Waals surface area (Å²) in [6.07, 6.45) is 0. The van der Waals surface area contributed by atoms with Gasteiger partial charge in [0.2, 0.25) is 0 Å². The molecule has 0 N–H and O–H groups in total. The maximum atomic E-state index is 2.73. The minimum absolute atomic E-state index is 0.270. The third-order valence-corrected chi connectivity index (χ3v) is 43.3. The predicted octanol–water partition coefficient (Wildman–Crippen LogP) is 6.36. The summed E-state index contributed by atoms with van der Waals surface area (Å²) in [6, 6.07) is 0. The predicted molar refractivity (Wildman–Crippen MR) is 113 cm³/mol. The van der Waals surface area contributed by atoms with Crippen molar-refractivity contribution in [3.05, 3.63) is 0 Å². The van der Waals surface area contributed by atoms with E-state index in [1.165, 1.54) is 0 Å². The first-order valence-electron chi connectivity index (χ1n) is 8.21. The van der Waals surface area contributed by atoms with Crippen molar-refractivity contribution in [2.45, 2.75) is 94.7 Å². The van der Waals surface area contributed by atoms with Gasteiger partial charge in [0, 0.05) is 41.1 Å². The van der Waals surface area contributed by atoms with Gasteiger partial charge in [-0.15, -0.1) is 0 Å². The normalized spacial score (nSPS) is 15.9. The van der Waals surface area contributed by atoms with Crippen molar-refractivity contribution in [1.82, 2.24) is 0 Å². The summed E-state index contributed by atoms with van der Waals surface area (Å²) < 4.78 is 0.831. The number of rotatable bonds is 6. The van der Waals surface area contributed by atoms with E-state index in [9.17, 15) is 0 Å². The van der Waals surface area contributed by atoms with Gasteiger partial charge >= 0.3 is 0 Å². The van der Waals surface area contributed by atoms with Gasteiger partial charge in [0.05, 0.1) is 0 Å². The van der Waals surface area contributed by atoms with Gasteiger partial charge in [-0.25, -0.2) is 0 Å². The summed E-state index contributed by atoms with van der Waals surface area (Å²) in [5.41, 5.74) is 1.62. The fraction of sp³-hybridized carbons (Fsp3) is 1.00. The summed E-state index contributed by atoms with van der Waals surface area (Å²) >= 11 is 0. The standard InChI is InChI=1S/C15H41Si5/c1-16(14-17(2,3)4)15(18(5,6)7,19(8,9)10)20(11,12)13/h14H2,1-13H3. The molecule has 0 aromatic rings. The van der Waals surface area contributed by atoms with E-state index < -0.39 is 32.3 Å².